The normalized spacial score (nSPS) is 16.2. The van der Waals surface area contributed by atoms with E-state index in [9.17, 15) is 23.6 Å². The molecule has 0 bridgehead atoms. The lowest BCUT2D eigenvalue weighted by molar-refractivity contribution is -0.127. The fourth-order valence-electron chi connectivity index (χ4n) is 5.11. The third kappa shape index (κ3) is 6.51. The van der Waals surface area contributed by atoms with Crippen molar-refractivity contribution in [2.75, 3.05) is 48.4 Å². The van der Waals surface area contributed by atoms with Crippen LogP contribution >= 0.6 is 11.8 Å². The van der Waals surface area contributed by atoms with E-state index in [4.69, 9.17) is 4.74 Å². The highest BCUT2D eigenvalue weighted by molar-refractivity contribution is 8.18. The molecule has 4 amide bonds. The Morgan fingerprint density at radius 2 is 1.50 bits per heavy atom. The summed E-state index contributed by atoms with van der Waals surface area (Å²) in [7, 11) is 0. The Balaban J connectivity index is 1.12. The summed E-state index contributed by atoms with van der Waals surface area (Å²) in [6.07, 6.45) is 3.33. The molecule has 3 heterocycles. The number of carbonyl (C=O) groups excluding carboxylic acids is 4. The maximum atomic E-state index is 13.2. The van der Waals surface area contributed by atoms with Gasteiger partial charge in [-0.05, 0) is 72.4 Å². The number of thioether (sulfide) groups is 1. The van der Waals surface area contributed by atoms with Gasteiger partial charge >= 0.3 is 0 Å². The summed E-state index contributed by atoms with van der Waals surface area (Å²) in [5.74, 6) is -1.77. The van der Waals surface area contributed by atoms with E-state index in [2.05, 4.69) is 15.5 Å². The lowest BCUT2D eigenvalue weighted by atomic mass is 10.1. The van der Waals surface area contributed by atoms with E-state index >= 15 is 0 Å². The summed E-state index contributed by atoms with van der Waals surface area (Å²) in [4.78, 5) is 54.7. The summed E-state index contributed by atoms with van der Waals surface area (Å²) in [5, 5.41) is 5.74. The molecule has 44 heavy (non-hydrogen) atoms. The predicted octanol–water partition coefficient (Wildman–Crippen LogP) is 4.93. The summed E-state index contributed by atoms with van der Waals surface area (Å²) in [6, 6.07) is 20.3. The van der Waals surface area contributed by atoms with Gasteiger partial charge in [-0.1, -0.05) is 18.2 Å². The number of aromatic nitrogens is 1. The number of carbonyl (C=O) groups is 4. The first kappa shape index (κ1) is 29.1. The number of fused-ring (bicyclic) bond motifs is 1. The molecule has 0 aliphatic carbocycles. The molecule has 6 rings (SSSR count). The first-order chi connectivity index (χ1) is 21.3. The van der Waals surface area contributed by atoms with Crippen LogP contribution in [-0.4, -0.2) is 65.3 Å². The molecule has 0 saturated carbocycles. The number of hydrogen-bond acceptors (Lipinski definition) is 7. The van der Waals surface area contributed by atoms with Crippen LogP contribution in [-0.2, 0) is 25.7 Å². The van der Waals surface area contributed by atoms with Gasteiger partial charge in [-0.3, -0.25) is 24.1 Å². The van der Waals surface area contributed by atoms with Crippen molar-refractivity contribution in [2.24, 2.45) is 0 Å². The fourth-order valence-corrected chi connectivity index (χ4v) is 5.94. The highest BCUT2D eigenvalue weighted by Crippen LogP contribution is 2.34. The summed E-state index contributed by atoms with van der Waals surface area (Å²) < 4.78 is 20.3. The molecule has 12 heteroatoms. The second kappa shape index (κ2) is 12.7. The molecule has 2 aliphatic rings. The SMILES string of the molecule is O=C(CN1C(=O)S/C(=C\c2cn(CC(=O)Nc3ccc(F)cc3)c3ccccc23)C1=O)Nc1ccc(N2CCOCC2)cc1. The van der Waals surface area contributed by atoms with Crippen LogP contribution in [0.4, 0.5) is 26.2 Å². The molecular weight excluding hydrogens is 585 g/mol. The molecule has 4 aromatic rings. The van der Waals surface area contributed by atoms with E-state index in [1.54, 1.807) is 29.0 Å². The molecule has 2 N–H and O–H groups in total. The number of benzene rings is 3. The van der Waals surface area contributed by atoms with Crippen molar-refractivity contribution >= 4 is 68.8 Å². The Labute approximate surface area is 256 Å². The zero-order chi connectivity index (χ0) is 30.6. The van der Waals surface area contributed by atoms with Gasteiger partial charge in [0.2, 0.25) is 11.8 Å². The van der Waals surface area contributed by atoms with Gasteiger partial charge in [0.25, 0.3) is 11.1 Å². The van der Waals surface area contributed by atoms with Crippen LogP contribution < -0.4 is 15.5 Å². The zero-order valence-electron chi connectivity index (χ0n) is 23.5. The van der Waals surface area contributed by atoms with Crippen molar-refractivity contribution in [3.63, 3.8) is 0 Å². The van der Waals surface area contributed by atoms with E-state index in [-0.39, 0.29) is 17.4 Å². The van der Waals surface area contributed by atoms with Gasteiger partial charge in [0.05, 0.1) is 18.1 Å². The number of ether oxygens (including phenoxy) is 1. The summed E-state index contributed by atoms with van der Waals surface area (Å²) >= 11 is 0.761. The van der Waals surface area contributed by atoms with E-state index in [1.807, 2.05) is 36.4 Å². The molecule has 2 aliphatic heterocycles. The van der Waals surface area contributed by atoms with E-state index < -0.39 is 29.4 Å². The van der Waals surface area contributed by atoms with Gasteiger partial charge in [-0.2, -0.15) is 0 Å². The Morgan fingerprint density at radius 1 is 0.864 bits per heavy atom. The van der Waals surface area contributed by atoms with Crippen LogP contribution in [0.2, 0.25) is 0 Å². The maximum Gasteiger partial charge on any atom is 0.294 e. The molecule has 2 fully saturated rings. The Bertz CT molecular complexity index is 1760. The monoisotopic (exact) mass is 613 g/mol. The van der Waals surface area contributed by atoms with Gasteiger partial charge < -0.3 is 24.8 Å². The molecule has 224 valence electrons. The van der Waals surface area contributed by atoms with E-state index in [0.29, 0.717) is 30.2 Å². The number of rotatable bonds is 8. The third-order valence-electron chi connectivity index (χ3n) is 7.25. The predicted molar refractivity (Wildman–Crippen MR) is 168 cm³/mol. The minimum atomic E-state index is -0.566. The lowest BCUT2D eigenvalue weighted by Gasteiger charge is -2.28. The molecule has 0 atom stereocenters. The van der Waals surface area contributed by atoms with Crippen LogP contribution in [0.3, 0.4) is 0 Å². The van der Waals surface area contributed by atoms with Crippen molar-refractivity contribution in [3.05, 3.63) is 95.3 Å². The summed E-state index contributed by atoms with van der Waals surface area (Å²) in [6.45, 7) is 2.49. The summed E-state index contributed by atoms with van der Waals surface area (Å²) in [5.41, 5.74) is 3.45. The van der Waals surface area contributed by atoms with Crippen LogP contribution in [0.1, 0.15) is 5.56 Å². The molecule has 0 radical (unpaired) electrons. The first-order valence-electron chi connectivity index (χ1n) is 14.0. The van der Waals surface area contributed by atoms with Crippen LogP contribution in [0.5, 0.6) is 0 Å². The van der Waals surface area contributed by atoms with Crippen LogP contribution in [0, 0.1) is 5.82 Å². The fraction of sp³-hybridized carbons (Fsp3) is 0.188. The van der Waals surface area contributed by atoms with Crippen LogP contribution in [0.15, 0.2) is 83.9 Å². The quantitative estimate of drug-likeness (QED) is 0.271. The molecule has 0 spiro atoms. The standard InChI is InChI=1S/C32H28FN5O5S/c33-22-5-7-23(8-6-22)34-29(39)19-37-18-21(26-3-1-2-4-27(26)37)17-28-31(41)38(32(42)44-28)20-30(40)35-24-9-11-25(12-10-24)36-13-15-43-16-14-36/h1-12,17-18H,13-16,19-20H2,(H,34,39)(H,35,40)/b28-17-. The Kier molecular flexibility index (Phi) is 8.44. The number of amides is 4. The molecule has 0 unspecified atom stereocenters. The highest BCUT2D eigenvalue weighted by atomic mass is 32.2. The van der Waals surface area contributed by atoms with Gasteiger partial charge in [0, 0.05) is 52.8 Å². The number of halogens is 1. The van der Waals surface area contributed by atoms with E-state index in [0.717, 1.165) is 46.3 Å². The second-order valence-corrected chi connectivity index (χ2v) is 11.2. The van der Waals surface area contributed by atoms with Crippen molar-refractivity contribution in [3.8, 4) is 0 Å². The molecular formula is C32H28FN5O5S. The zero-order valence-corrected chi connectivity index (χ0v) is 24.3. The Hall–Kier alpha value is -4.94. The number of morpholine rings is 1. The number of nitrogens with one attached hydrogen (secondary N) is 2. The van der Waals surface area contributed by atoms with Gasteiger partial charge in [0.15, 0.2) is 0 Å². The average molecular weight is 614 g/mol. The number of nitrogens with zero attached hydrogens (tertiary/aromatic N) is 3. The van der Waals surface area contributed by atoms with Crippen molar-refractivity contribution in [1.82, 2.24) is 9.47 Å². The van der Waals surface area contributed by atoms with Gasteiger partial charge in [-0.15, -0.1) is 0 Å². The molecule has 3 aromatic carbocycles. The lowest BCUT2D eigenvalue weighted by Crippen LogP contribution is -2.36. The number of hydrogen-bond donors (Lipinski definition) is 2. The van der Waals surface area contributed by atoms with Gasteiger partial charge in [-0.25, -0.2) is 4.39 Å². The number of para-hydroxylation sites is 1. The van der Waals surface area contributed by atoms with E-state index in [1.165, 1.54) is 24.3 Å². The highest BCUT2D eigenvalue weighted by Gasteiger charge is 2.36. The topological polar surface area (TPSA) is 113 Å². The molecule has 1 aromatic heterocycles. The van der Waals surface area contributed by atoms with Gasteiger partial charge in [0.1, 0.15) is 18.9 Å². The van der Waals surface area contributed by atoms with Crippen molar-refractivity contribution < 1.29 is 28.3 Å². The minimum Gasteiger partial charge on any atom is -0.378 e. The average Bonchev–Trinajstić information content (AvgIpc) is 3.50. The third-order valence-corrected chi connectivity index (χ3v) is 8.16. The molecule has 10 nitrogen and oxygen atoms in total. The smallest absolute Gasteiger partial charge is 0.294 e. The largest absolute Gasteiger partial charge is 0.378 e. The van der Waals surface area contributed by atoms with Crippen molar-refractivity contribution in [1.29, 1.82) is 0 Å². The number of imide groups is 1. The first-order valence-corrected chi connectivity index (χ1v) is 14.8. The second-order valence-electron chi connectivity index (χ2n) is 10.2. The van der Waals surface area contributed by atoms with Crippen molar-refractivity contribution in [2.45, 2.75) is 6.54 Å². The Morgan fingerprint density at radius 3 is 2.20 bits per heavy atom. The molecule has 2 saturated heterocycles. The van der Waals surface area contributed by atoms with Crippen LogP contribution in [0.25, 0.3) is 17.0 Å². The minimum absolute atomic E-state index is 0.0270. The maximum absolute atomic E-state index is 13.2. The number of anilines is 3.